The molecule has 1 atom stereocenters. The number of para-hydroxylation sites is 1. The molecule has 110 valence electrons. The van der Waals surface area contributed by atoms with Gasteiger partial charge in [0.2, 0.25) is 0 Å². The van der Waals surface area contributed by atoms with Gasteiger partial charge in [-0.1, -0.05) is 32.0 Å². The quantitative estimate of drug-likeness (QED) is 0.765. The van der Waals surface area contributed by atoms with E-state index < -0.39 is 5.60 Å². The molecule has 0 aliphatic rings. The van der Waals surface area contributed by atoms with Crippen LogP contribution in [0.3, 0.4) is 0 Å². The molecule has 0 spiro atoms. The van der Waals surface area contributed by atoms with E-state index >= 15 is 0 Å². The van der Waals surface area contributed by atoms with E-state index in [1.807, 2.05) is 37.3 Å². The summed E-state index contributed by atoms with van der Waals surface area (Å²) in [5.41, 5.74) is 0.277. The van der Waals surface area contributed by atoms with E-state index in [0.29, 0.717) is 24.8 Å². The average Bonchev–Trinajstić information content (AvgIpc) is 2.36. The molecule has 1 rings (SSSR count). The van der Waals surface area contributed by atoms with Crippen LogP contribution >= 0.6 is 0 Å². The first kappa shape index (κ1) is 16.5. The summed E-state index contributed by atoms with van der Waals surface area (Å²) < 4.78 is 5.37. The summed E-state index contributed by atoms with van der Waals surface area (Å²) >= 11 is 0. The molecule has 4 nitrogen and oxygen atoms in total. The van der Waals surface area contributed by atoms with Gasteiger partial charge in [0, 0.05) is 18.7 Å². The zero-order valence-electron chi connectivity index (χ0n) is 12.5. The van der Waals surface area contributed by atoms with Crippen molar-refractivity contribution in [2.24, 2.45) is 5.92 Å². The molecular weight excluding hydrogens is 252 g/mol. The maximum Gasteiger partial charge on any atom is 0.174 e. The van der Waals surface area contributed by atoms with Crippen molar-refractivity contribution in [3.63, 3.8) is 0 Å². The number of aliphatic hydroxyl groups is 1. The maximum atomic E-state index is 10.2. The Morgan fingerprint density at radius 1 is 1.40 bits per heavy atom. The van der Waals surface area contributed by atoms with Crippen LogP contribution in [0, 0.1) is 17.2 Å². The van der Waals surface area contributed by atoms with Crippen molar-refractivity contribution >= 4 is 0 Å². The molecule has 20 heavy (non-hydrogen) atoms. The van der Waals surface area contributed by atoms with E-state index in [-0.39, 0.29) is 6.61 Å². The molecular formula is C16H24N2O2. The lowest BCUT2D eigenvalue weighted by molar-refractivity contribution is 0.0383. The number of nitriles is 1. The molecule has 0 radical (unpaired) electrons. The first-order valence-electron chi connectivity index (χ1n) is 6.95. The molecule has 1 unspecified atom stereocenters. The van der Waals surface area contributed by atoms with Crippen molar-refractivity contribution in [3.8, 4) is 11.8 Å². The molecule has 0 fully saturated rings. The fourth-order valence-corrected chi connectivity index (χ4v) is 2.32. The standard InChI is InChI=1S/C16H24N2O2/c1-13(2)10-16(3,19)12-18-11-14-6-4-5-7-15(14)20-9-8-17/h4-7,13,18-19H,9-12H2,1-3H3. The van der Waals surface area contributed by atoms with Crippen LogP contribution < -0.4 is 10.1 Å². The summed E-state index contributed by atoms with van der Waals surface area (Å²) in [4.78, 5) is 0. The van der Waals surface area contributed by atoms with Gasteiger partial charge in [-0.3, -0.25) is 0 Å². The van der Waals surface area contributed by atoms with Gasteiger partial charge in [0.15, 0.2) is 6.61 Å². The van der Waals surface area contributed by atoms with Crippen LogP contribution in [0.25, 0.3) is 0 Å². The second-order valence-corrected chi connectivity index (χ2v) is 5.75. The average molecular weight is 276 g/mol. The Morgan fingerprint density at radius 3 is 2.75 bits per heavy atom. The number of nitrogens with one attached hydrogen (secondary N) is 1. The van der Waals surface area contributed by atoms with Crippen molar-refractivity contribution in [3.05, 3.63) is 29.8 Å². The Labute approximate surface area is 121 Å². The lowest BCUT2D eigenvalue weighted by atomic mass is 9.94. The Hall–Kier alpha value is -1.57. The van der Waals surface area contributed by atoms with Crippen LogP contribution in [0.15, 0.2) is 24.3 Å². The van der Waals surface area contributed by atoms with Crippen LogP contribution in [-0.4, -0.2) is 23.9 Å². The summed E-state index contributed by atoms with van der Waals surface area (Å²) in [6.07, 6.45) is 0.757. The highest BCUT2D eigenvalue weighted by Gasteiger charge is 2.21. The number of hydrogen-bond donors (Lipinski definition) is 2. The zero-order valence-corrected chi connectivity index (χ0v) is 12.5. The zero-order chi connectivity index (χ0) is 15.0. The van der Waals surface area contributed by atoms with Gasteiger partial charge in [-0.2, -0.15) is 5.26 Å². The molecule has 0 aliphatic carbocycles. The predicted molar refractivity (Wildman–Crippen MR) is 79.3 cm³/mol. The van der Waals surface area contributed by atoms with E-state index in [2.05, 4.69) is 19.2 Å². The minimum atomic E-state index is -0.712. The van der Waals surface area contributed by atoms with Crippen molar-refractivity contribution in [1.82, 2.24) is 5.32 Å². The molecule has 0 bridgehead atoms. The van der Waals surface area contributed by atoms with Crippen LogP contribution in [0.1, 0.15) is 32.8 Å². The molecule has 0 aromatic heterocycles. The van der Waals surface area contributed by atoms with E-state index in [1.165, 1.54) is 0 Å². The fourth-order valence-electron chi connectivity index (χ4n) is 2.32. The Bertz CT molecular complexity index is 450. The highest BCUT2D eigenvalue weighted by Crippen LogP contribution is 2.19. The number of hydrogen-bond acceptors (Lipinski definition) is 4. The Morgan fingerprint density at radius 2 is 2.10 bits per heavy atom. The summed E-state index contributed by atoms with van der Waals surface area (Å²) in [6, 6.07) is 9.58. The number of rotatable bonds is 8. The van der Waals surface area contributed by atoms with Gasteiger partial charge in [-0.05, 0) is 25.3 Å². The third kappa shape index (κ3) is 6.05. The molecule has 1 aromatic rings. The van der Waals surface area contributed by atoms with Gasteiger partial charge in [0.25, 0.3) is 0 Å². The monoisotopic (exact) mass is 276 g/mol. The van der Waals surface area contributed by atoms with E-state index in [1.54, 1.807) is 0 Å². The Kier molecular flexibility index (Phi) is 6.50. The predicted octanol–water partition coefficient (Wildman–Crippen LogP) is 2.48. The minimum absolute atomic E-state index is 0.0437. The topological polar surface area (TPSA) is 65.3 Å². The van der Waals surface area contributed by atoms with E-state index in [9.17, 15) is 5.11 Å². The molecule has 1 aromatic carbocycles. The van der Waals surface area contributed by atoms with Crippen LogP contribution in [-0.2, 0) is 6.54 Å². The van der Waals surface area contributed by atoms with Crippen molar-refractivity contribution < 1.29 is 9.84 Å². The van der Waals surface area contributed by atoms with Gasteiger partial charge < -0.3 is 15.2 Å². The number of benzene rings is 1. The lowest BCUT2D eigenvalue weighted by Crippen LogP contribution is -2.38. The third-order valence-electron chi connectivity index (χ3n) is 2.93. The summed E-state index contributed by atoms with van der Waals surface area (Å²) in [7, 11) is 0. The largest absolute Gasteiger partial charge is 0.478 e. The van der Waals surface area contributed by atoms with Crippen LogP contribution in [0.5, 0.6) is 5.75 Å². The number of ether oxygens (including phenoxy) is 1. The second-order valence-electron chi connectivity index (χ2n) is 5.75. The molecule has 0 heterocycles. The van der Waals surface area contributed by atoms with Crippen molar-refractivity contribution in [2.45, 2.75) is 39.3 Å². The Balaban J connectivity index is 2.51. The summed E-state index contributed by atoms with van der Waals surface area (Å²) in [5, 5.41) is 22.0. The second kappa shape index (κ2) is 7.88. The first-order valence-corrected chi connectivity index (χ1v) is 6.95. The SMILES string of the molecule is CC(C)CC(C)(O)CNCc1ccccc1OCC#N. The molecule has 0 amide bonds. The normalized spacial score (nSPS) is 13.8. The van der Waals surface area contributed by atoms with Gasteiger partial charge in [0.05, 0.1) is 5.60 Å². The van der Waals surface area contributed by atoms with E-state index in [0.717, 1.165) is 12.0 Å². The summed E-state index contributed by atoms with van der Waals surface area (Å²) in [5.74, 6) is 1.17. The van der Waals surface area contributed by atoms with Gasteiger partial charge in [0.1, 0.15) is 11.8 Å². The number of nitrogens with zero attached hydrogens (tertiary/aromatic N) is 1. The molecule has 0 aliphatic heterocycles. The highest BCUT2D eigenvalue weighted by molar-refractivity contribution is 5.33. The maximum absolute atomic E-state index is 10.2. The first-order chi connectivity index (χ1) is 9.44. The van der Waals surface area contributed by atoms with Crippen LogP contribution in [0.2, 0.25) is 0 Å². The molecule has 2 N–H and O–H groups in total. The molecule has 4 heteroatoms. The van der Waals surface area contributed by atoms with Gasteiger partial charge in [-0.15, -0.1) is 0 Å². The highest BCUT2D eigenvalue weighted by atomic mass is 16.5. The lowest BCUT2D eigenvalue weighted by Gasteiger charge is -2.25. The van der Waals surface area contributed by atoms with E-state index in [4.69, 9.17) is 10.00 Å². The molecule has 0 saturated heterocycles. The molecule has 0 saturated carbocycles. The smallest absolute Gasteiger partial charge is 0.174 e. The van der Waals surface area contributed by atoms with Crippen LogP contribution in [0.4, 0.5) is 0 Å². The fraction of sp³-hybridized carbons (Fsp3) is 0.562. The van der Waals surface area contributed by atoms with Crippen molar-refractivity contribution in [1.29, 1.82) is 5.26 Å². The van der Waals surface area contributed by atoms with Crippen molar-refractivity contribution in [2.75, 3.05) is 13.2 Å². The summed E-state index contributed by atoms with van der Waals surface area (Å²) in [6.45, 7) is 7.22. The minimum Gasteiger partial charge on any atom is -0.478 e. The van der Waals surface area contributed by atoms with Gasteiger partial charge >= 0.3 is 0 Å². The van der Waals surface area contributed by atoms with Gasteiger partial charge in [-0.25, -0.2) is 0 Å². The third-order valence-corrected chi connectivity index (χ3v) is 2.93.